The molecule has 1 amide bonds. The Hall–Kier alpha value is -1.55. The molecule has 0 aliphatic rings. The Labute approximate surface area is 115 Å². The number of hydrogen-bond acceptors (Lipinski definition) is 3. The second-order valence-corrected chi connectivity index (χ2v) is 5.01. The molecule has 1 rings (SSSR count). The minimum absolute atomic E-state index is 0.0532. The number of amides is 1. The maximum Gasteiger partial charge on any atom is 0.223 e. The number of carbonyl (C=O) groups is 1. The molecule has 0 atom stereocenters. The van der Waals surface area contributed by atoms with Gasteiger partial charge in [-0.1, -0.05) is 26.0 Å². The zero-order chi connectivity index (χ0) is 14.4. The number of rotatable bonds is 6. The molecule has 2 N–H and O–H groups in total. The summed E-state index contributed by atoms with van der Waals surface area (Å²) in [5.74, 6) is 1.34. The van der Waals surface area contributed by atoms with E-state index >= 15 is 0 Å². The van der Waals surface area contributed by atoms with Gasteiger partial charge in [-0.25, -0.2) is 0 Å². The Morgan fingerprint density at radius 2 is 2.11 bits per heavy atom. The molecule has 0 aliphatic carbocycles. The molecule has 4 nitrogen and oxygen atoms in total. The van der Waals surface area contributed by atoms with Crippen LogP contribution in [-0.4, -0.2) is 31.5 Å². The number of benzene rings is 1. The number of carbonyl (C=O) groups excluding carboxylic acids is 1. The van der Waals surface area contributed by atoms with Crippen LogP contribution < -0.4 is 10.5 Å². The van der Waals surface area contributed by atoms with Gasteiger partial charge in [-0.05, 0) is 17.5 Å². The summed E-state index contributed by atoms with van der Waals surface area (Å²) in [5, 5.41) is 0. The molecule has 0 fully saturated rings. The molecule has 0 aromatic heterocycles. The highest BCUT2D eigenvalue weighted by Crippen LogP contribution is 2.25. The van der Waals surface area contributed by atoms with Crippen molar-refractivity contribution in [1.82, 2.24) is 4.90 Å². The molecular formula is C15H24N2O2. The molecule has 0 heterocycles. The van der Waals surface area contributed by atoms with E-state index in [1.165, 1.54) is 5.56 Å². The van der Waals surface area contributed by atoms with Gasteiger partial charge in [0.15, 0.2) is 0 Å². The largest absolute Gasteiger partial charge is 0.496 e. The van der Waals surface area contributed by atoms with E-state index < -0.39 is 0 Å². The summed E-state index contributed by atoms with van der Waals surface area (Å²) < 4.78 is 5.41. The number of nitrogens with two attached hydrogens (primary N) is 1. The van der Waals surface area contributed by atoms with E-state index in [-0.39, 0.29) is 5.91 Å². The molecule has 1 aromatic rings. The monoisotopic (exact) mass is 264 g/mol. The maximum atomic E-state index is 11.7. The van der Waals surface area contributed by atoms with Gasteiger partial charge in [0.2, 0.25) is 5.91 Å². The van der Waals surface area contributed by atoms with E-state index in [9.17, 15) is 4.79 Å². The molecule has 0 radical (unpaired) electrons. The van der Waals surface area contributed by atoms with E-state index in [0.29, 0.717) is 25.4 Å². The van der Waals surface area contributed by atoms with Gasteiger partial charge in [-0.15, -0.1) is 0 Å². The van der Waals surface area contributed by atoms with Gasteiger partial charge < -0.3 is 15.4 Å². The van der Waals surface area contributed by atoms with Crippen LogP contribution in [0.4, 0.5) is 0 Å². The number of methoxy groups -OCH3 is 1. The van der Waals surface area contributed by atoms with E-state index in [1.54, 1.807) is 19.1 Å². The van der Waals surface area contributed by atoms with Crippen molar-refractivity contribution >= 4 is 5.91 Å². The number of ether oxygens (including phenoxy) is 1. The summed E-state index contributed by atoms with van der Waals surface area (Å²) in [7, 11) is 3.44. The van der Waals surface area contributed by atoms with E-state index in [4.69, 9.17) is 10.5 Å². The van der Waals surface area contributed by atoms with Gasteiger partial charge in [0, 0.05) is 32.1 Å². The first-order valence-electron chi connectivity index (χ1n) is 6.60. The second-order valence-electron chi connectivity index (χ2n) is 5.01. The Morgan fingerprint density at radius 1 is 1.42 bits per heavy atom. The van der Waals surface area contributed by atoms with Gasteiger partial charge in [-0.3, -0.25) is 4.79 Å². The fourth-order valence-corrected chi connectivity index (χ4v) is 1.91. The summed E-state index contributed by atoms with van der Waals surface area (Å²) in [6, 6.07) is 6.16. The minimum atomic E-state index is 0.0532. The second kappa shape index (κ2) is 7.14. The SMILES string of the molecule is COc1cc(C(C)C)ccc1CN(C)C(=O)CCN. The molecule has 0 bridgehead atoms. The first kappa shape index (κ1) is 15.5. The van der Waals surface area contributed by atoms with Crippen molar-refractivity contribution in [3.63, 3.8) is 0 Å². The van der Waals surface area contributed by atoms with Crippen LogP contribution in [0.3, 0.4) is 0 Å². The van der Waals surface area contributed by atoms with Crippen molar-refractivity contribution in [2.45, 2.75) is 32.7 Å². The highest BCUT2D eigenvalue weighted by atomic mass is 16.5. The minimum Gasteiger partial charge on any atom is -0.496 e. The number of hydrogen-bond donors (Lipinski definition) is 1. The van der Waals surface area contributed by atoms with E-state index in [0.717, 1.165) is 11.3 Å². The molecule has 106 valence electrons. The summed E-state index contributed by atoms with van der Waals surface area (Å²) in [6.07, 6.45) is 0.378. The topological polar surface area (TPSA) is 55.6 Å². The van der Waals surface area contributed by atoms with Gasteiger partial charge in [0.25, 0.3) is 0 Å². The molecule has 0 saturated heterocycles. The maximum absolute atomic E-state index is 11.7. The fraction of sp³-hybridized carbons (Fsp3) is 0.533. The van der Waals surface area contributed by atoms with Crippen molar-refractivity contribution in [2.75, 3.05) is 20.7 Å². The molecule has 0 unspecified atom stereocenters. The molecule has 0 aliphatic heterocycles. The highest BCUT2D eigenvalue weighted by molar-refractivity contribution is 5.76. The predicted octanol–water partition coefficient (Wildman–Crippen LogP) is 2.13. The van der Waals surface area contributed by atoms with Crippen LogP contribution in [0, 0.1) is 0 Å². The van der Waals surface area contributed by atoms with Crippen molar-refractivity contribution in [1.29, 1.82) is 0 Å². The Morgan fingerprint density at radius 3 is 2.63 bits per heavy atom. The third kappa shape index (κ3) is 4.24. The average molecular weight is 264 g/mol. The van der Waals surface area contributed by atoms with Crippen molar-refractivity contribution in [2.24, 2.45) is 5.73 Å². The van der Waals surface area contributed by atoms with Gasteiger partial charge in [-0.2, -0.15) is 0 Å². The van der Waals surface area contributed by atoms with Gasteiger partial charge >= 0.3 is 0 Å². The summed E-state index contributed by atoms with van der Waals surface area (Å²) in [5.41, 5.74) is 7.64. The molecule has 0 spiro atoms. The average Bonchev–Trinajstić information content (AvgIpc) is 2.39. The smallest absolute Gasteiger partial charge is 0.223 e. The lowest BCUT2D eigenvalue weighted by Gasteiger charge is -2.19. The quantitative estimate of drug-likeness (QED) is 0.856. The molecule has 0 saturated carbocycles. The van der Waals surface area contributed by atoms with Crippen LogP contribution in [-0.2, 0) is 11.3 Å². The Kier molecular flexibility index (Phi) is 5.83. The van der Waals surface area contributed by atoms with Crippen LogP contribution in [0.25, 0.3) is 0 Å². The van der Waals surface area contributed by atoms with Crippen molar-refractivity contribution < 1.29 is 9.53 Å². The molecule has 4 heteroatoms. The van der Waals surface area contributed by atoms with Gasteiger partial charge in [0.1, 0.15) is 5.75 Å². The van der Waals surface area contributed by atoms with E-state index in [2.05, 4.69) is 19.9 Å². The molecule has 19 heavy (non-hydrogen) atoms. The third-order valence-electron chi connectivity index (χ3n) is 3.17. The molecule has 1 aromatic carbocycles. The van der Waals surface area contributed by atoms with Crippen molar-refractivity contribution in [3.05, 3.63) is 29.3 Å². The first-order chi connectivity index (χ1) is 8.99. The zero-order valence-corrected chi connectivity index (χ0v) is 12.3. The normalized spacial score (nSPS) is 10.6. The summed E-state index contributed by atoms with van der Waals surface area (Å²) in [4.78, 5) is 13.4. The molecular weight excluding hydrogens is 240 g/mol. The zero-order valence-electron chi connectivity index (χ0n) is 12.3. The standard InChI is InChI=1S/C15H24N2O2/c1-11(2)12-5-6-13(14(9-12)19-4)10-17(3)15(18)7-8-16/h5-6,9,11H,7-8,10,16H2,1-4H3. The van der Waals surface area contributed by atoms with Crippen LogP contribution in [0.2, 0.25) is 0 Å². The number of nitrogens with zero attached hydrogens (tertiary/aromatic N) is 1. The van der Waals surface area contributed by atoms with E-state index in [1.807, 2.05) is 12.1 Å². The van der Waals surface area contributed by atoms with Gasteiger partial charge in [0.05, 0.1) is 7.11 Å². The Bertz CT molecular complexity index is 430. The van der Waals surface area contributed by atoms with Crippen molar-refractivity contribution in [3.8, 4) is 5.75 Å². The van der Waals surface area contributed by atoms with Crippen LogP contribution >= 0.6 is 0 Å². The van der Waals surface area contributed by atoms with Crippen LogP contribution in [0.1, 0.15) is 37.3 Å². The lowest BCUT2D eigenvalue weighted by atomic mass is 10.0. The first-order valence-corrected chi connectivity index (χ1v) is 6.60. The summed E-state index contributed by atoms with van der Waals surface area (Å²) >= 11 is 0. The fourth-order valence-electron chi connectivity index (χ4n) is 1.91. The predicted molar refractivity (Wildman–Crippen MR) is 77.2 cm³/mol. The van der Waals surface area contributed by atoms with Crippen LogP contribution in [0.5, 0.6) is 5.75 Å². The summed E-state index contributed by atoms with van der Waals surface area (Å²) in [6.45, 7) is 5.21. The lowest BCUT2D eigenvalue weighted by molar-refractivity contribution is -0.130. The highest BCUT2D eigenvalue weighted by Gasteiger charge is 2.12. The Balaban J connectivity index is 2.86. The third-order valence-corrected chi connectivity index (χ3v) is 3.17. The lowest BCUT2D eigenvalue weighted by Crippen LogP contribution is -2.28. The van der Waals surface area contributed by atoms with Crippen LogP contribution in [0.15, 0.2) is 18.2 Å².